The maximum Gasteiger partial charge on any atom is 0.412 e. The molecule has 1 aromatic rings. The van der Waals surface area contributed by atoms with E-state index in [1.807, 2.05) is 6.92 Å². The molecule has 0 aliphatic carbocycles. The van der Waals surface area contributed by atoms with Crippen molar-refractivity contribution in [3.8, 4) is 0 Å². The van der Waals surface area contributed by atoms with Gasteiger partial charge in [0.2, 0.25) is 5.91 Å². The van der Waals surface area contributed by atoms with E-state index in [2.05, 4.69) is 27.5 Å². The summed E-state index contributed by atoms with van der Waals surface area (Å²) in [5.74, 6) is -0.177. The fourth-order valence-corrected chi connectivity index (χ4v) is 1.70. The maximum atomic E-state index is 12.1. The number of hydrogen-bond donors (Lipinski definition) is 3. The van der Waals surface area contributed by atoms with Gasteiger partial charge in [-0.05, 0) is 20.8 Å². The molecule has 0 radical (unpaired) electrons. The molecule has 0 saturated heterocycles. The third-order valence-electron chi connectivity index (χ3n) is 2.49. The highest BCUT2D eigenvalue weighted by molar-refractivity contribution is 6.29. The Hall–Kier alpha value is -2.28. The number of nitrogens with zero attached hydrogens (tertiary/aromatic N) is 1. The van der Waals surface area contributed by atoms with Crippen LogP contribution in [0.15, 0.2) is 24.6 Å². The van der Waals surface area contributed by atoms with Crippen molar-refractivity contribution in [2.24, 2.45) is 0 Å². The predicted octanol–water partition coefficient (Wildman–Crippen LogP) is 2.75. The van der Waals surface area contributed by atoms with Crippen LogP contribution in [-0.4, -0.2) is 29.6 Å². The molecule has 1 atom stereocenters. The molecular formula is C14H19ClN4O3. The fourth-order valence-electron chi connectivity index (χ4n) is 1.54. The van der Waals surface area contributed by atoms with Gasteiger partial charge in [0.1, 0.15) is 11.2 Å². The van der Waals surface area contributed by atoms with Crippen LogP contribution in [0.1, 0.15) is 20.8 Å². The van der Waals surface area contributed by atoms with Gasteiger partial charge in [0.05, 0.1) is 23.3 Å². The van der Waals surface area contributed by atoms with Crippen molar-refractivity contribution >= 4 is 35.0 Å². The Kier molecular flexibility index (Phi) is 6.65. The molecular weight excluding hydrogens is 308 g/mol. The number of aromatic nitrogens is 1. The second-order valence-electron chi connectivity index (χ2n) is 4.53. The zero-order valence-electron chi connectivity index (χ0n) is 12.7. The van der Waals surface area contributed by atoms with Gasteiger partial charge in [0.15, 0.2) is 0 Å². The highest BCUT2D eigenvalue weighted by atomic mass is 35.5. The SMILES string of the molecule is C=C(C)OC(=O)N[C@H](C)C(=O)Nc1cnc(Cl)cc1NCC. The van der Waals surface area contributed by atoms with Gasteiger partial charge in [-0.3, -0.25) is 4.79 Å². The zero-order valence-corrected chi connectivity index (χ0v) is 13.5. The molecule has 1 rings (SSSR count). The second kappa shape index (κ2) is 8.23. The largest absolute Gasteiger partial charge is 0.416 e. The summed E-state index contributed by atoms with van der Waals surface area (Å²) in [5, 5.41) is 8.43. The predicted molar refractivity (Wildman–Crippen MR) is 85.9 cm³/mol. The summed E-state index contributed by atoms with van der Waals surface area (Å²) < 4.78 is 4.73. The number of alkyl carbamates (subject to hydrolysis) is 1. The lowest BCUT2D eigenvalue weighted by molar-refractivity contribution is -0.117. The Bertz CT molecular complexity index is 577. The van der Waals surface area contributed by atoms with Gasteiger partial charge in [-0.15, -0.1) is 0 Å². The number of anilines is 2. The van der Waals surface area contributed by atoms with Gasteiger partial charge in [0.25, 0.3) is 0 Å². The van der Waals surface area contributed by atoms with Crippen molar-refractivity contribution in [2.75, 3.05) is 17.2 Å². The molecule has 0 aromatic carbocycles. The van der Waals surface area contributed by atoms with Gasteiger partial charge in [-0.2, -0.15) is 0 Å². The number of rotatable bonds is 6. The summed E-state index contributed by atoms with van der Waals surface area (Å²) in [6, 6.07) is 0.811. The molecule has 0 saturated carbocycles. The average Bonchev–Trinajstić information content (AvgIpc) is 2.40. The van der Waals surface area contributed by atoms with Crippen LogP contribution in [0.4, 0.5) is 16.2 Å². The van der Waals surface area contributed by atoms with Crippen molar-refractivity contribution < 1.29 is 14.3 Å². The Morgan fingerprint density at radius 3 is 2.73 bits per heavy atom. The monoisotopic (exact) mass is 326 g/mol. The maximum absolute atomic E-state index is 12.1. The van der Waals surface area contributed by atoms with Crippen LogP contribution in [-0.2, 0) is 9.53 Å². The van der Waals surface area contributed by atoms with Crippen molar-refractivity contribution in [1.29, 1.82) is 0 Å². The first-order valence-corrected chi connectivity index (χ1v) is 7.05. The highest BCUT2D eigenvalue weighted by Crippen LogP contribution is 2.23. The third-order valence-corrected chi connectivity index (χ3v) is 2.70. The lowest BCUT2D eigenvalue weighted by Crippen LogP contribution is -2.41. The normalized spacial score (nSPS) is 11.3. The quantitative estimate of drug-likeness (QED) is 0.552. The Balaban J connectivity index is 2.71. The van der Waals surface area contributed by atoms with Gasteiger partial charge in [0, 0.05) is 12.6 Å². The van der Waals surface area contributed by atoms with E-state index < -0.39 is 18.0 Å². The molecule has 0 fully saturated rings. The second-order valence-corrected chi connectivity index (χ2v) is 4.92. The van der Waals surface area contributed by atoms with E-state index in [0.717, 1.165) is 0 Å². The van der Waals surface area contributed by atoms with E-state index in [0.29, 0.717) is 23.1 Å². The fraction of sp³-hybridized carbons (Fsp3) is 0.357. The van der Waals surface area contributed by atoms with E-state index in [1.165, 1.54) is 20.0 Å². The molecule has 0 unspecified atom stereocenters. The number of allylic oxidation sites excluding steroid dienone is 1. The molecule has 3 N–H and O–H groups in total. The Morgan fingerprint density at radius 1 is 1.45 bits per heavy atom. The van der Waals surface area contributed by atoms with Crippen LogP contribution in [0.5, 0.6) is 0 Å². The molecule has 2 amide bonds. The minimum absolute atomic E-state index is 0.237. The minimum Gasteiger partial charge on any atom is -0.416 e. The molecule has 0 bridgehead atoms. The first-order valence-electron chi connectivity index (χ1n) is 6.67. The molecule has 22 heavy (non-hydrogen) atoms. The van der Waals surface area contributed by atoms with E-state index in [4.69, 9.17) is 16.3 Å². The number of ether oxygens (including phenoxy) is 1. The van der Waals surface area contributed by atoms with E-state index >= 15 is 0 Å². The van der Waals surface area contributed by atoms with Gasteiger partial charge in [-0.1, -0.05) is 18.2 Å². The minimum atomic E-state index is -0.794. The number of pyridine rings is 1. The molecule has 0 aliphatic heterocycles. The molecule has 1 heterocycles. The summed E-state index contributed by atoms with van der Waals surface area (Å²) in [4.78, 5) is 27.4. The summed E-state index contributed by atoms with van der Waals surface area (Å²) in [6.07, 6.45) is 0.702. The van der Waals surface area contributed by atoms with Crippen LogP contribution in [0.2, 0.25) is 5.15 Å². The first-order chi connectivity index (χ1) is 10.3. The van der Waals surface area contributed by atoms with E-state index in [-0.39, 0.29) is 5.76 Å². The van der Waals surface area contributed by atoms with Gasteiger partial charge >= 0.3 is 6.09 Å². The number of hydrogen-bond acceptors (Lipinski definition) is 5. The number of amides is 2. The van der Waals surface area contributed by atoms with Gasteiger partial charge < -0.3 is 20.7 Å². The molecule has 0 spiro atoms. The topological polar surface area (TPSA) is 92.3 Å². The van der Waals surface area contributed by atoms with Crippen LogP contribution in [0.25, 0.3) is 0 Å². The standard InChI is InChI=1S/C14H19ClN4O3/c1-5-16-10-6-12(15)17-7-11(10)19-13(20)9(4)18-14(21)22-8(2)3/h6-7,9H,2,5H2,1,3-4H3,(H,16,17)(H,18,21)(H,19,20)/t9-/m1/s1. The Labute approximate surface area is 134 Å². The van der Waals surface area contributed by atoms with Gasteiger partial charge in [-0.25, -0.2) is 9.78 Å². The molecule has 8 heteroatoms. The number of nitrogens with one attached hydrogen (secondary N) is 3. The van der Waals surface area contributed by atoms with Crippen molar-refractivity contribution in [3.05, 3.63) is 29.8 Å². The smallest absolute Gasteiger partial charge is 0.412 e. The van der Waals surface area contributed by atoms with Crippen LogP contribution >= 0.6 is 11.6 Å². The number of halogens is 1. The molecule has 7 nitrogen and oxygen atoms in total. The number of carbonyl (C=O) groups excluding carboxylic acids is 2. The highest BCUT2D eigenvalue weighted by Gasteiger charge is 2.18. The summed E-state index contributed by atoms with van der Waals surface area (Å²) in [7, 11) is 0. The lowest BCUT2D eigenvalue weighted by Gasteiger charge is -2.16. The summed E-state index contributed by atoms with van der Waals surface area (Å²) >= 11 is 5.82. The van der Waals surface area contributed by atoms with Crippen molar-refractivity contribution in [3.63, 3.8) is 0 Å². The zero-order chi connectivity index (χ0) is 16.7. The van der Waals surface area contributed by atoms with Crippen LogP contribution < -0.4 is 16.0 Å². The lowest BCUT2D eigenvalue weighted by atomic mass is 10.3. The Morgan fingerprint density at radius 2 is 2.14 bits per heavy atom. The van der Waals surface area contributed by atoms with E-state index in [9.17, 15) is 9.59 Å². The summed E-state index contributed by atoms with van der Waals surface area (Å²) in [6.45, 7) is 9.08. The molecule has 120 valence electrons. The van der Waals surface area contributed by atoms with E-state index in [1.54, 1.807) is 6.07 Å². The van der Waals surface area contributed by atoms with Crippen molar-refractivity contribution in [2.45, 2.75) is 26.8 Å². The number of carbonyl (C=O) groups is 2. The van der Waals surface area contributed by atoms with Crippen LogP contribution in [0, 0.1) is 0 Å². The third kappa shape index (κ3) is 5.61. The molecule has 0 aliphatic rings. The summed E-state index contributed by atoms with van der Waals surface area (Å²) in [5.41, 5.74) is 1.12. The molecule has 1 aromatic heterocycles. The van der Waals surface area contributed by atoms with Crippen molar-refractivity contribution in [1.82, 2.24) is 10.3 Å². The van der Waals surface area contributed by atoms with Crippen LogP contribution in [0.3, 0.4) is 0 Å². The average molecular weight is 327 g/mol. The first kappa shape index (κ1) is 17.8.